The zero-order valence-electron chi connectivity index (χ0n) is 54.8. The largest absolute Gasteiger partial charge is 0.566 e. The van der Waals surface area contributed by atoms with Crippen molar-refractivity contribution in [2.24, 2.45) is 5.92 Å². The lowest BCUT2D eigenvalue weighted by atomic mass is 9.80. The highest BCUT2D eigenvalue weighted by Crippen LogP contribution is 2.56. The summed E-state index contributed by atoms with van der Waals surface area (Å²) >= 11 is 6.24. The molecule has 98 heavy (non-hydrogen) atoms. The molecule has 0 aliphatic carbocycles. The number of aromatic amines is 2. The Kier molecular flexibility index (Phi) is 23.2. The molecule has 2 fully saturated rings. The summed E-state index contributed by atoms with van der Waals surface area (Å²) in [4.78, 5) is 75.4. The molecular formula is C65H73FN13O15P2SSi+. The molecule has 5 aromatic heterocycles. The second-order valence-electron chi connectivity index (χ2n) is 24.3. The smallest absolute Gasteiger partial charge is 0.489 e. The van der Waals surface area contributed by atoms with E-state index in [0.29, 0.717) is 33.8 Å². The van der Waals surface area contributed by atoms with Crippen LogP contribution in [0.2, 0.25) is 18.1 Å². The minimum absolute atomic E-state index is 0.0158. The van der Waals surface area contributed by atoms with Crippen LogP contribution in [-0.4, -0.2) is 135 Å². The Bertz CT molecular complexity index is 4290. The fourth-order valence-electron chi connectivity index (χ4n) is 10.6. The van der Waals surface area contributed by atoms with Crippen LogP contribution in [0.15, 0.2) is 157 Å². The zero-order valence-corrected chi connectivity index (χ0v) is 58.4. The van der Waals surface area contributed by atoms with Crippen molar-refractivity contribution in [1.29, 1.82) is 5.26 Å². The fraction of sp³-hybridized carbons (Fsp3) is 0.369. The molecule has 11 rings (SSSR count). The van der Waals surface area contributed by atoms with Gasteiger partial charge in [-0.05, 0) is 87.6 Å². The molecule has 2 aliphatic heterocycles. The number of methoxy groups -OCH3 is 2. The number of imidazole rings is 1. The lowest BCUT2D eigenvalue weighted by Crippen LogP contribution is -2.50. The Hall–Kier alpha value is -8.57. The zero-order chi connectivity index (χ0) is 69.9. The van der Waals surface area contributed by atoms with Gasteiger partial charge in [-0.25, -0.2) is 24.3 Å². The topological polar surface area (TPSA) is 349 Å². The number of fused-ring (bicyclic) bond motifs is 2. The molecule has 0 saturated carbocycles. The third-order valence-corrected chi connectivity index (χ3v) is 23.8. The first-order valence-electron chi connectivity index (χ1n) is 31.0. The van der Waals surface area contributed by atoms with Crippen LogP contribution in [-0.2, 0) is 63.5 Å². The van der Waals surface area contributed by atoms with Gasteiger partial charge in [-0.1, -0.05) is 119 Å². The van der Waals surface area contributed by atoms with Crippen molar-refractivity contribution < 1.29 is 74.6 Å². The standard InChI is InChI=1S/C60H67FN12O15P2SSi.C5H5N/c1-35(2)53(74)68-58-67-52-46(55(76)69-58)65-34-72(52)57-49(86-89(77)78)48(88-92(8,9)59(3,4)5)43(85-57)32-83-90(91,82-30-16-29-62)87-47-42(84-56(44(47)61)73-51-45(70-71-73)50(63-33-64-51)66-54(75)36-17-12-10-13-18-36)31-81-60(37-19-14-11-15-20-37,38-21-25-40(79-6)26-22-38)39-23-27-41(80-7)28-24-39;1-2-4-6-5-3-1/h10-15,17-28,33-35,42-44,47-49,56-57H,16,30-32H2,1-9H3,(H,63,64,66,75)(H2,67,68,69,74,76);1-5H/p+1/t42-,43-,44+,47-,48-,49+,56-,57-,90?;/m1./s1. The number of anilines is 2. The Morgan fingerprint density at radius 3 is 2.01 bits per heavy atom. The summed E-state index contributed by atoms with van der Waals surface area (Å²) in [5.74, 6) is -0.628. The summed E-state index contributed by atoms with van der Waals surface area (Å²) in [6.45, 7) is 7.12. The molecular weight excluding hydrogens is 1340 g/mol. The number of benzene rings is 4. The van der Waals surface area contributed by atoms with Gasteiger partial charge in [-0.3, -0.25) is 33.8 Å². The van der Waals surface area contributed by atoms with Gasteiger partial charge in [0.15, 0.2) is 73.6 Å². The molecule has 9 aromatic rings. The van der Waals surface area contributed by atoms with Crippen molar-refractivity contribution in [1.82, 2.24) is 44.5 Å². The second-order valence-corrected chi connectivity index (χ2v) is 32.7. The third kappa shape index (κ3) is 16.3. The highest BCUT2D eigenvalue weighted by molar-refractivity contribution is 8.07. The normalized spacial score (nSPS) is 20.3. The molecule has 0 radical (unpaired) electrons. The number of nitrogens with zero attached hydrogens (tertiary/aromatic N) is 9. The Labute approximate surface area is 569 Å². The molecule has 4 N–H and O–H groups in total. The summed E-state index contributed by atoms with van der Waals surface area (Å²) in [6.07, 6.45) is -6.99. The summed E-state index contributed by atoms with van der Waals surface area (Å²) in [7, 11) is -3.52. The molecule has 0 spiro atoms. The number of H-pyrrole nitrogens is 2. The quantitative estimate of drug-likeness (QED) is 0.0197. The van der Waals surface area contributed by atoms with Gasteiger partial charge >= 0.3 is 15.0 Å². The van der Waals surface area contributed by atoms with Crippen LogP contribution in [0.1, 0.15) is 80.5 Å². The van der Waals surface area contributed by atoms with Crippen molar-refractivity contribution >= 4 is 81.0 Å². The number of nitriles is 1. The minimum Gasteiger partial charge on any atom is -0.566 e. The average molecular weight is 1420 g/mol. The molecule has 2 amide bonds. The molecule has 33 heteroatoms. The monoisotopic (exact) mass is 1420 g/mol. The number of nitrogens with one attached hydrogen (secondary N) is 4. The molecule has 4 aromatic carbocycles. The molecule has 7 heterocycles. The van der Waals surface area contributed by atoms with E-state index >= 15 is 4.39 Å². The van der Waals surface area contributed by atoms with Gasteiger partial charge in [0.05, 0.1) is 52.9 Å². The number of hydrogen-bond donors (Lipinski definition) is 3. The van der Waals surface area contributed by atoms with Crippen LogP contribution in [0.4, 0.5) is 16.2 Å². The maximum atomic E-state index is 18.5. The van der Waals surface area contributed by atoms with Crippen LogP contribution in [0, 0.1) is 17.2 Å². The van der Waals surface area contributed by atoms with Crippen molar-refractivity contribution in [2.75, 3.05) is 44.7 Å². The first-order chi connectivity index (χ1) is 47.0. The second kappa shape index (κ2) is 31.5. The van der Waals surface area contributed by atoms with Crippen LogP contribution in [0.25, 0.3) is 22.3 Å². The Morgan fingerprint density at radius 1 is 0.816 bits per heavy atom. The van der Waals surface area contributed by atoms with E-state index in [1.807, 2.05) is 125 Å². The van der Waals surface area contributed by atoms with Crippen molar-refractivity contribution in [3.63, 3.8) is 0 Å². The SMILES string of the molecule is COc1ccc(C(OC[C@H]2O[C@@H](n3nnc4c(NC(=O)c5ccccc5)ncnc43)[C@@H](F)[C@@H]2OP(=S)(OCCC#N)OC[C@H]2O[C@@H](n3cnc4c(=O)[nH]c(NC(=O)C(C)C)nc43)[C@@H](O[P+](=O)[O-])[C@@H]2O[Si](C)(C)C(C)(C)C)(c2ccccc2)c2ccc(OC)cc2)cc1.c1cc[nH+]cc1. The van der Waals surface area contributed by atoms with E-state index < -0.39 is 120 Å². The molecule has 2 aliphatic rings. The van der Waals surface area contributed by atoms with Crippen molar-refractivity contribution in [3.05, 3.63) is 185 Å². The fourth-order valence-corrected chi connectivity index (χ4v) is 14.4. The number of aromatic nitrogens is 10. The molecule has 10 atom stereocenters. The number of ether oxygens (including phenoxy) is 5. The molecule has 2 saturated heterocycles. The number of rotatable bonds is 26. The predicted octanol–water partition coefficient (Wildman–Crippen LogP) is 9.21. The van der Waals surface area contributed by atoms with E-state index in [1.165, 1.54) is 10.9 Å². The number of carbonyl (C=O) groups is 2. The van der Waals surface area contributed by atoms with Crippen LogP contribution >= 0.6 is 15.0 Å². The summed E-state index contributed by atoms with van der Waals surface area (Å²) in [5.41, 5.74) is -0.402. The highest BCUT2D eigenvalue weighted by atomic mass is 32.5. The molecule has 2 unspecified atom stereocenters. The number of pyridine rings is 1. The number of alkyl halides is 1. The van der Waals surface area contributed by atoms with Crippen molar-refractivity contribution in [3.8, 4) is 17.6 Å². The number of amides is 2. The van der Waals surface area contributed by atoms with Gasteiger partial charge in [-0.15, -0.1) is 9.62 Å². The van der Waals surface area contributed by atoms with Gasteiger partial charge in [0.2, 0.25) is 11.9 Å². The Morgan fingerprint density at radius 2 is 1.43 bits per heavy atom. The van der Waals surface area contributed by atoms with Gasteiger partial charge < -0.3 is 47.4 Å². The predicted molar refractivity (Wildman–Crippen MR) is 359 cm³/mol. The van der Waals surface area contributed by atoms with Gasteiger partial charge in [0, 0.05) is 23.6 Å². The molecule has 28 nitrogen and oxygen atoms in total. The van der Waals surface area contributed by atoms with E-state index in [4.69, 9.17) is 58.0 Å². The minimum atomic E-state index is -4.44. The first kappa shape index (κ1) is 72.2. The number of halogens is 1. The highest BCUT2D eigenvalue weighted by Gasteiger charge is 2.56. The van der Waals surface area contributed by atoms with Gasteiger partial charge in [-0.2, -0.15) is 14.9 Å². The summed E-state index contributed by atoms with van der Waals surface area (Å²) < 4.78 is 97.8. The van der Waals surface area contributed by atoms with Gasteiger partial charge in [0.1, 0.15) is 47.8 Å². The first-order valence-corrected chi connectivity index (χ1v) is 37.5. The van der Waals surface area contributed by atoms with Crippen LogP contribution in [0.3, 0.4) is 0 Å². The number of hydrogen-bond acceptors (Lipinski definition) is 23. The van der Waals surface area contributed by atoms with Gasteiger partial charge in [0.25, 0.3) is 11.5 Å². The van der Waals surface area contributed by atoms with E-state index in [2.05, 4.69) is 50.8 Å². The molecule has 0 bridgehead atoms. The summed E-state index contributed by atoms with van der Waals surface area (Å²) in [6, 6.07) is 40.0. The lowest BCUT2D eigenvalue weighted by molar-refractivity contribution is -0.378. The van der Waals surface area contributed by atoms with Crippen LogP contribution in [0.5, 0.6) is 11.5 Å². The lowest BCUT2D eigenvalue weighted by Gasteiger charge is -2.40. The van der Waals surface area contributed by atoms with Crippen LogP contribution < -0.4 is 35.5 Å². The number of carbonyl (C=O) groups excluding carboxylic acids is 2. The maximum Gasteiger partial charge on any atom is 0.489 e. The van der Waals surface area contributed by atoms with E-state index in [-0.39, 0.29) is 47.1 Å². The average Bonchev–Trinajstić information content (AvgIpc) is 1.41. The summed E-state index contributed by atoms with van der Waals surface area (Å²) in [5, 5.41) is 23.2. The third-order valence-electron chi connectivity index (χ3n) is 16.6. The van der Waals surface area contributed by atoms with E-state index in [1.54, 1.807) is 82.7 Å². The van der Waals surface area contributed by atoms with Crippen molar-refractivity contribution in [2.45, 2.75) is 114 Å². The van der Waals surface area contributed by atoms with E-state index in [9.17, 15) is 29.1 Å². The van der Waals surface area contributed by atoms with E-state index in [0.717, 1.165) is 11.0 Å². The molecule has 514 valence electrons. The Balaban J connectivity index is 0.00000164. The maximum absolute atomic E-state index is 18.5.